The summed E-state index contributed by atoms with van der Waals surface area (Å²) in [5.74, 6) is -1.79. The molecule has 1 saturated carbocycles. The van der Waals surface area contributed by atoms with Gasteiger partial charge in [0.15, 0.2) is 0 Å². The zero-order valence-electron chi connectivity index (χ0n) is 13.5. The highest BCUT2D eigenvalue weighted by Gasteiger charge is 2.30. The van der Waals surface area contributed by atoms with Crippen molar-refractivity contribution in [3.63, 3.8) is 0 Å². The zero-order valence-corrected chi connectivity index (χ0v) is 14.3. The number of aliphatic carboxylic acids is 1. The van der Waals surface area contributed by atoms with Crippen LogP contribution in [0.5, 0.6) is 0 Å². The smallest absolute Gasteiger partial charge is 0.306 e. The Morgan fingerprint density at radius 3 is 2.62 bits per heavy atom. The molecule has 1 fully saturated rings. The number of benzene rings is 1. The van der Waals surface area contributed by atoms with Gasteiger partial charge in [0.2, 0.25) is 15.9 Å². The van der Waals surface area contributed by atoms with Crippen molar-refractivity contribution < 1.29 is 23.1 Å². The molecule has 1 amide bonds. The van der Waals surface area contributed by atoms with Gasteiger partial charge in [0, 0.05) is 12.5 Å². The van der Waals surface area contributed by atoms with Crippen LogP contribution >= 0.6 is 0 Å². The van der Waals surface area contributed by atoms with Gasteiger partial charge in [-0.2, -0.15) is 0 Å². The third-order valence-electron chi connectivity index (χ3n) is 4.34. The molecule has 24 heavy (non-hydrogen) atoms. The van der Waals surface area contributed by atoms with Gasteiger partial charge in [-0.1, -0.05) is 18.6 Å². The maximum Gasteiger partial charge on any atom is 0.306 e. The van der Waals surface area contributed by atoms with Gasteiger partial charge in [-0.3, -0.25) is 9.59 Å². The highest BCUT2D eigenvalue weighted by molar-refractivity contribution is 7.89. The zero-order chi connectivity index (χ0) is 17.7. The molecular formula is C16H22N2O5S. The highest BCUT2D eigenvalue weighted by Crippen LogP contribution is 2.29. The quantitative estimate of drug-likeness (QED) is 0.708. The van der Waals surface area contributed by atoms with Crippen LogP contribution in [0.25, 0.3) is 0 Å². The summed E-state index contributed by atoms with van der Waals surface area (Å²) in [6.45, 7) is 0.208. The Morgan fingerprint density at radius 1 is 1.25 bits per heavy atom. The summed E-state index contributed by atoms with van der Waals surface area (Å²) in [5.41, 5.74) is 0.672. The van der Waals surface area contributed by atoms with Gasteiger partial charge in [0.1, 0.15) is 0 Å². The van der Waals surface area contributed by atoms with Crippen LogP contribution in [0.3, 0.4) is 0 Å². The summed E-state index contributed by atoms with van der Waals surface area (Å²) in [6.07, 6.45) is 2.38. The van der Waals surface area contributed by atoms with Gasteiger partial charge in [0.25, 0.3) is 0 Å². The molecule has 0 radical (unpaired) electrons. The number of amides is 1. The van der Waals surface area contributed by atoms with Crippen molar-refractivity contribution >= 4 is 21.9 Å². The summed E-state index contributed by atoms with van der Waals surface area (Å²) in [6, 6.07) is 6.34. The number of hydrogen-bond acceptors (Lipinski definition) is 4. The number of sulfonamides is 1. The fourth-order valence-electron chi connectivity index (χ4n) is 2.93. The Morgan fingerprint density at radius 2 is 1.96 bits per heavy atom. The normalized spacial score (nSPS) is 21.2. The molecule has 2 rings (SSSR count). The first-order valence-corrected chi connectivity index (χ1v) is 9.35. The molecule has 1 aromatic rings. The van der Waals surface area contributed by atoms with Crippen LogP contribution in [0.4, 0.5) is 0 Å². The molecular weight excluding hydrogens is 332 g/mol. The van der Waals surface area contributed by atoms with Crippen LogP contribution < -0.4 is 10.0 Å². The molecule has 0 saturated heterocycles. The Labute approximate surface area is 141 Å². The van der Waals surface area contributed by atoms with E-state index in [1.165, 1.54) is 19.2 Å². The molecule has 1 aromatic carbocycles. The molecule has 0 heterocycles. The standard InChI is InChI=1S/C16H22N2O5S/c1-17-24(22,23)14-7-2-4-11(8-14)10-18-15(19)12-5-3-6-13(9-12)16(20)21/h2,4,7-8,12-13,17H,3,5-6,9-10H2,1H3,(H,18,19)(H,20,21). The van der Waals surface area contributed by atoms with E-state index in [-0.39, 0.29) is 23.3 Å². The predicted octanol–water partition coefficient (Wildman–Crippen LogP) is 1.10. The fourth-order valence-corrected chi connectivity index (χ4v) is 3.73. The third-order valence-corrected chi connectivity index (χ3v) is 5.75. The molecule has 132 valence electrons. The molecule has 2 atom stereocenters. The average Bonchev–Trinajstić information content (AvgIpc) is 2.60. The lowest BCUT2D eigenvalue weighted by atomic mass is 9.81. The highest BCUT2D eigenvalue weighted by atomic mass is 32.2. The molecule has 0 aliphatic heterocycles. The second-order valence-electron chi connectivity index (χ2n) is 5.97. The summed E-state index contributed by atoms with van der Waals surface area (Å²) in [4.78, 5) is 23.4. The number of rotatable bonds is 6. The number of carbonyl (C=O) groups excluding carboxylic acids is 1. The number of nitrogens with one attached hydrogen (secondary N) is 2. The molecule has 2 unspecified atom stereocenters. The first-order chi connectivity index (χ1) is 11.3. The van der Waals surface area contributed by atoms with E-state index >= 15 is 0 Å². The second-order valence-corrected chi connectivity index (χ2v) is 7.86. The van der Waals surface area contributed by atoms with E-state index in [0.717, 1.165) is 6.42 Å². The number of carboxylic acids is 1. The predicted molar refractivity (Wildman–Crippen MR) is 87.6 cm³/mol. The summed E-state index contributed by atoms with van der Waals surface area (Å²) < 4.78 is 25.8. The van der Waals surface area contributed by atoms with Crippen LogP contribution in [0, 0.1) is 11.8 Å². The first kappa shape index (κ1) is 18.4. The minimum atomic E-state index is -3.52. The third kappa shape index (κ3) is 4.55. The lowest BCUT2D eigenvalue weighted by Crippen LogP contribution is -2.35. The van der Waals surface area contributed by atoms with E-state index in [2.05, 4.69) is 10.0 Å². The Balaban J connectivity index is 1.97. The average molecular weight is 354 g/mol. The van der Waals surface area contributed by atoms with Gasteiger partial charge >= 0.3 is 5.97 Å². The fraction of sp³-hybridized carbons (Fsp3) is 0.500. The topological polar surface area (TPSA) is 113 Å². The number of carbonyl (C=O) groups is 2. The second kappa shape index (κ2) is 7.76. The minimum Gasteiger partial charge on any atom is -0.481 e. The van der Waals surface area contributed by atoms with E-state index in [0.29, 0.717) is 24.8 Å². The van der Waals surface area contributed by atoms with Crippen molar-refractivity contribution in [1.29, 1.82) is 0 Å². The summed E-state index contributed by atoms with van der Waals surface area (Å²) in [5, 5.41) is 11.9. The van der Waals surface area contributed by atoms with Crippen LogP contribution in [-0.2, 0) is 26.2 Å². The molecule has 3 N–H and O–H groups in total. The lowest BCUT2D eigenvalue weighted by Gasteiger charge is -2.25. The van der Waals surface area contributed by atoms with Gasteiger partial charge in [-0.05, 0) is 44.0 Å². The van der Waals surface area contributed by atoms with Gasteiger partial charge < -0.3 is 10.4 Å². The lowest BCUT2D eigenvalue weighted by molar-refractivity contribution is -0.144. The van der Waals surface area contributed by atoms with Crippen molar-refractivity contribution in [2.24, 2.45) is 11.8 Å². The van der Waals surface area contributed by atoms with Crippen molar-refractivity contribution in [2.75, 3.05) is 7.05 Å². The monoisotopic (exact) mass is 354 g/mol. The van der Waals surface area contributed by atoms with Crippen LogP contribution in [-0.4, -0.2) is 32.4 Å². The SMILES string of the molecule is CNS(=O)(=O)c1cccc(CNC(=O)C2CCCC(C(=O)O)C2)c1. The van der Waals surface area contributed by atoms with E-state index in [1.54, 1.807) is 12.1 Å². The Hall–Kier alpha value is -1.93. The van der Waals surface area contributed by atoms with Crippen molar-refractivity contribution in [2.45, 2.75) is 37.1 Å². The minimum absolute atomic E-state index is 0.139. The molecule has 0 spiro atoms. The van der Waals surface area contributed by atoms with Gasteiger partial charge in [0.05, 0.1) is 10.8 Å². The van der Waals surface area contributed by atoms with Crippen molar-refractivity contribution in [3.8, 4) is 0 Å². The molecule has 1 aliphatic carbocycles. The van der Waals surface area contributed by atoms with Crippen molar-refractivity contribution in [1.82, 2.24) is 10.0 Å². The number of carboxylic acid groups (broad SMARTS) is 1. The Kier molecular flexibility index (Phi) is 5.95. The van der Waals surface area contributed by atoms with Crippen LogP contribution in [0.15, 0.2) is 29.2 Å². The van der Waals surface area contributed by atoms with Crippen molar-refractivity contribution in [3.05, 3.63) is 29.8 Å². The summed E-state index contributed by atoms with van der Waals surface area (Å²) >= 11 is 0. The molecule has 0 bridgehead atoms. The maximum atomic E-state index is 12.2. The first-order valence-electron chi connectivity index (χ1n) is 7.86. The molecule has 8 heteroatoms. The van der Waals surface area contributed by atoms with E-state index in [4.69, 9.17) is 5.11 Å². The maximum absolute atomic E-state index is 12.2. The summed E-state index contributed by atoms with van der Waals surface area (Å²) in [7, 11) is -2.19. The number of hydrogen-bond donors (Lipinski definition) is 3. The van der Waals surface area contributed by atoms with Gasteiger partial charge in [-0.25, -0.2) is 13.1 Å². The van der Waals surface area contributed by atoms with Gasteiger partial charge in [-0.15, -0.1) is 0 Å². The molecule has 1 aliphatic rings. The Bertz CT molecular complexity index is 717. The van der Waals surface area contributed by atoms with Crippen LogP contribution in [0.1, 0.15) is 31.2 Å². The van der Waals surface area contributed by atoms with E-state index < -0.39 is 21.9 Å². The van der Waals surface area contributed by atoms with E-state index in [1.807, 2.05) is 0 Å². The molecule has 0 aromatic heterocycles. The van der Waals surface area contributed by atoms with Crippen LogP contribution in [0.2, 0.25) is 0 Å². The van der Waals surface area contributed by atoms with E-state index in [9.17, 15) is 18.0 Å². The molecule has 7 nitrogen and oxygen atoms in total. The largest absolute Gasteiger partial charge is 0.481 e.